The van der Waals surface area contributed by atoms with Crippen LogP contribution in [0.4, 0.5) is 9.18 Å². The first-order chi connectivity index (χ1) is 19.3. The van der Waals surface area contributed by atoms with Crippen LogP contribution in [-0.2, 0) is 14.3 Å². The van der Waals surface area contributed by atoms with Gasteiger partial charge in [0.25, 0.3) is 0 Å². The zero-order chi connectivity index (χ0) is 28.3. The molecule has 1 N–H and O–H groups in total. The number of halogens is 2. The Hall–Kier alpha value is -3.01. The van der Waals surface area contributed by atoms with Crippen molar-refractivity contribution in [2.24, 2.45) is 11.8 Å². The van der Waals surface area contributed by atoms with Crippen molar-refractivity contribution in [3.8, 4) is 5.75 Å². The van der Waals surface area contributed by atoms with E-state index in [0.717, 1.165) is 18.4 Å². The van der Waals surface area contributed by atoms with Crippen LogP contribution in [0.1, 0.15) is 37.2 Å². The molecule has 10 heteroatoms. The molecule has 0 aliphatic carbocycles. The number of Topliss-reactive ketones (excluding diaryl/α,β-unsaturated/α-hetero) is 1. The number of benzene rings is 2. The molecule has 8 nitrogen and oxygen atoms in total. The number of carbonyl (C=O) groups excluding carboxylic acids is 3. The van der Waals surface area contributed by atoms with E-state index in [1.54, 1.807) is 19.2 Å². The lowest BCUT2D eigenvalue weighted by Crippen LogP contribution is -2.62. The molecular weight excluding hydrogens is 537 g/mol. The lowest BCUT2D eigenvalue weighted by Gasteiger charge is -2.44. The number of hydrogen-bond acceptors (Lipinski definition) is 6. The number of nitrogens with zero attached hydrogens (tertiary/aromatic N) is 2. The average Bonchev–Trinajstić information content (AvgIpc) is 3.44. The Morgan fingerprint density at radius 3 is 2.30 bits per heavy atom. The summed E-state index contributed by atoms with van der Waals surface area (Å²) in [4.78, 5) is 44.3. The highest BCUT2D eigenvalue weighted by atomic mass is 35.5. The van der Waals surface area contributed by atoms with E-state index in [2.05, 4.69) is 5.32 Å². The summed E-state index contributed by atoms with van der Waals surface area (Å²) in [5.74, 6) is -0.842. The Morgan fingerprint density at radius 2 is 1.65 bits per heavy atom. The Morgan fingerprint density at radius 1 is 1.00 bits per heavy atom. The van der Waals surface area contributed by atoms with E-state index in [4.69, 9.17) is 21.1 Å². The molecule has 3 aliphatic heterocycles. The minimum absolute atomic E-state index is 0.0203. The van der Waals surface area contributed by atoms with Crippen LogP contribution in [0.25, 0.3) is 0 Å². The maximum absolute atomic E-state index is 14.5. The zero-order valence-corrected chi connectivity index (χ0v) is 23.4. The van der Waals surface area contributed by atoms with Gasteiger partial charge in [-0.2, -0.15) is 0 Å². The second kappa shape index (κ2) is 12.2. The molecule has 3 fully saturated rings. The summed E-state index contributed by atoms with van der Waals surface area (Å²) in [6.07, 6.45) is 1.83. The molecule has 0 radical (unpaired) electrons. The van der Waals surface area contributed by atoms with Crippen LogP contribution in [0.3, 0.4) is 0 Å². The summed E-state index contributed by atoms with van der Waals surface area (Å²) in [6, 6.07) is 12.5. The van der Waals surface area contributed by atoms with Crippen molar-refractivity contribution < 1.29 is 28.2 Å². The molecule has 0 aromatic heterocycles. The molecular formula is C30H35ClFN3O5. The number of rotatable bonds is 6. The number of hydrogen-bond donors (Lipinski definition) is 1. The Bertz CT molecular complexity index is 1210. The number of ketones is 1. The molecule has 0 spiro atoms. The van der Waals surface area contributed by atoms with Gasteiger partial charge >= 0.3 is 6.09 Å². The SMILES string of the molecule is CN(C(=O)Oc1ccc(F)cc1)[C@]1(C(=O)C2CCN(C(=O)C3CCOCC3)CC2)CNC[C@H]1c1ccc(Cl)cc1. The molecule has 3 heterocycles. The number of likely N-dealkylation sites (tertiary alicyclic amines) is 1. The average molecular weight is 572 g/mol. The number of nitrogens with one attached hydrogen (secondary N) is 1. The van der Waals surface area contributed by atoms with Gasteiger partial charge in [-0.1, -0.05) is 23.7 Å². The summed E-state index contributed by atoms with van der Waals surface area (Å²) in [7, 11) is 1.59. The van der Waals surface area contributed by atoms with E-state index < -0.39 is 17.4 Å². The van der Waals surface area contributed by atoms with E-state index in [0.29, 0.717) is 50.7 Å². The fraction of sp³-hybridized carbons (Fsp3) is 0.500. The van der Waals surface area contributed by atoms with E-state index in [-0.39, 0.29) is 41.7 Å². The van der Waals surface area contributed by atoms with E-state index in [9.17, 15) is 18.8 Å². The van der Waals surface area contributed by atoms with Crippen molar-refractivity contribution in [2.45, 2.75) is 37.1 Å². The maximum atomic E-state index is 14.5. The minimum Gasteiger partial charge on any atom is -0.410 e. The van der Waals surface area contributed by atoms with Crippen molar-refractivity contribution in [2.75, 3.05) is 46.4 Å². The predicted octanol–water partition coefficient (Wildman–Crippen LogP) is 4.27. The van der Waals surface area contributed by atoms with E-state index in [1.165, 1.54) is 29.2 Å². The van der Waals surface area contributed by atoms with Crippen molar-refractivity contribution in [3.63, 3.8) is 0 Å². The Balaban J connectivity index is 1.38. The zero-order valence-electron chi connectivity index (χ0n) is 22.6. The number of amides is 2. The quantitative estimate of drug-likeness (QED) is 0.557. The maximum Gasteiger partial charge on any atom is 0.415 e. The second-order valence-corrected chi connectivity index (χ2v) is 11.3. The number of likely N-dealkylation sites (N-methyl/N-ethyl adjacent to an activating group) is 1. The first-order valence-electron chi connectivity index (χ1n) is 13.9. The van der Waals surface area contributed by atoms with Crippen LogP contribution in [0.15, 0.2) is 48.5 Å². The standard InChI is InChI=1S/C30H35ClFN3O5/c1-34(29(38)40-25-8-6-24(32)7-9-25)30(19-33-18-26(30)20-2-4-23(31)5-3-20)27(36)21-10-14-35(15-11-21)28(37)22-12-16-39-17-13-22/h2-9,21-22,26,33H,10-19H2,1H3/t26-,30+/m0/s1. The minimum atomic E-state index is -1.22. The van der Waals surface area contributed by atoms with Gasteiger partial charge in [0, 0.05) is 69.2 Å². The first-order valence-corrected chi connectivity index (χ1v) is 14.3. The molecule has 40 heavy (non-hydrogen) atoms. The lowest BCUT2D eigenvalue weighted by atomic mass is 9.72. The summed E-state index contributed by atoms with van der Waals surface area (Å²) in [5, 5.41) is 3.93. The Kier molecular flexibility index (Phi) is 8.73. The molecule has 2 aromatic rings. The highest BCUT2D eigenvalue weighted by molar-refractivity contribution is 6.30. The van der Waals surface area contributed by atoms with Crippen molar-refractivity contribution >= 4 is 29.4 Å². The monoisotopic (exact) mass is 571 g/mol. The van der Waals surface area contributed by atoms with Gasteiger partial charge in [-0.05, 0) is 67.6 Å². The van der Waals surface area contributed by atoms with Crippen LogP contribution < -0.4 is 10.1 Å². The molecule has 5 rings (SSSR count). The Labute approximate surface area is 238 Å². The number of carbonyl (C=O) groups is 3. The third-order valence-electron chi connectivity index (χ3n) is 8.66. The second-order valence-electron chi connectivity index (χ2n) is 10.9. The van der Waals surface area contributed by atoms with Crippen LogP contribution in [0, 0.1) is 17.7 Å². The third-order valence-corrected chi connectivity index (χ3v) is 8.91. The van der Waals surface area contributed by atoms with E-state index >= 15 is 0 Å². The van der Waals surface area contributed by atoms with Gasteiger partial charge in [0.05, 0.1) is 0 Å². The van der Waals surface area contributed by atoms with Crippen molar-refractivity contribution in [1.29, 1.82) is 0 Å². The van der Waals surface area contributed by atoms with Gasteiger partial charge in [-0.3, -0.25) is 14.5 Å². The topological polar surface area (TPSA) is 88.2 Å². The highest BCUT2D eigenvalue weighted by Gasteiger charge is 2.56. The van der Waals surface area contributed by atoms with Gasteiger partial charge in [-0.25, -0.2) is 9.18 Å². The first kappa shape index (κ1) is 28.5. The van der Waals surface area contributed by atoms with Crippen LogP contribution >= 0.6 is 11.6 Å². The van der Waals surface area contributed by atoms with Crippen molar-refractivity contribution in [3.05, 3.63) is 64.9 Å². The number of piperidine rings is 1. The van der Waals surface area contributed by atoms with Crippen LogP contribution in [-0.4, -0.2) is 79.6 Å². The molecule has 214 valence electrons. The number of ether oxygens (including phenoxy) is 2. The highest BCUT2D eigenvalue weighted by Crippen LogP contribution is 2.41. The lowest BCUT2D eigenvalue weighted by molar-refractivity contribution is -0.143. The molecule has 0 unspecified atom stereocenters. The van der Waals surface area contributed by atoms with E-state index in [1.807, 2.05) is 17.0 Å². The van der Waals surface area contributed by atoms with Gasteiger partial charge < -0.3 is 19.7 Å². The van der Waals surface area contributed by atoms with Gasteiger partial charge in [-0.15, -0.1) is 0 Å². The molecule has 2 aromatic carbocycles. The molecule has 2 amide bonds. The summed E-state index contributed by atoms with van der Waals surface area (Å²) < 4.78 is 24.4. The third kappa shape index (κ3) is 5.73. The summed E-state index contributed by atoms with van der Waals surface area (Å²) in [5.41, 5.74) is -0.334. The molecule has 2 atom stereocenters. The van der Waals surface area contributed by atoms with Gasteiger partial charge in [0.15, 0.2) is 5.78 Å². The normalized spacial score (nSPS) is 24.1. The van der Waals surface area contributed by atoms with Crippen molar-refractivity contribution in [1.82, 2.24) is 15.1 Å². The van der Waals surface area contributed by atoms with Crippen LogP contribution in [0.5, 0.6) is 5.75 Å². The molecule has 0 bridgehead atoms. The smallest absolute Gasteiger partial charge is 0.410 e. The fourth-order valence-corrected chi connectivity index (χ4v) is 6.44. The van der Waals surface area contributed by atoms with Gasteiger partial charge in [0.2, 0.25) is 5.91 Å². The molecule has 0 saturated carbocycles. The summed E-state index contributed by atoms with van der Waals surface area (Å²) >= 11 is 6.15. The molecule has 3 aliphatic rings. The summed E-state index contributed by atoms with van der Waals surface area (Å²) in [6.45, 7) is 2.97. The van der Waals surface area contributed by atoms with Crippen LogP contribution in [0.2, 0.25) is 5.02 Å². The van der Waals surface area contributed by atoms with Gasteiger partial charge in [0.1, 0.15) is 17.1 Å². The molecule has 3 saturated heterocycles. The largest absolute Gasteiger partial charge is 0.415 e. The predicted molar refractivity (Wildman–Crippen MR) is 148 cm³/mol. The fourth-order valence-electron chi connectivity index (χ4n) is 6.32.